The molecule has 0 unspecified atom stereocenters. The molecule has 1 spiro atoms. The molecule has 142 valence electrons. The van der Waals surface area contributed by atoms with Crippen molar-refractivity contribution in [3.05, 3.63) is 18.2 Å². The Bertz CT molecular complexity index is 661. The Hall–Kier alpha value is -2.58. The van der Waals surface area contributed by atoms with Gasteiger partial charge in [-0.15, -0.1) is 0 Å². The molecule has 9 nitrogen and oxygen atoms in total. The first-order chi connectivity index (χ1) is 12.5. The Kier molecular flexibility index (Phi) is 5.43. The number of H-pyrrole nitrogens is 1. The van der Waals surface area contributed by atoms with Crippen molar-refractivity contribution >= 4 is 17.8 Å². The number of nitrogens with one attached hydrogen (secondary N) is 2. The molecule has 26 heavy (non-hydrogen) atoms. The molecule has 2 fully saturated rings. The summed E-state index contributed by atoms with van der Waals surface area (Å²) in [5, 5.41) is 2.36. The molecule has 1 aromatic heterocycles. The smallest absolute Gasteiger partial charge is 0.312 e. The van der Waals surface area contributed by atoms with Gasteiger partial charge >= 0.3 is 6.03 Å². The van der Waals surface area contributed by atoms with Gasteiger partial charge in [-0.05, 0) is 19.3 Å². The van der Waals surface area contributed by atoms with Crippen molar-refractivity contribution in [2.75, 3.05) is 32.7 Å². The van der Waals surface area contributed by atoms with Gasteiger partial charge in [-0.25, -0.2) is 9.78 Å². The van der Waals surface area contributed by atoms with Crippen LogP contribution >= 0.6 is 0 Å². The van der Waals surface area contributed by atoms with Crippen LogP contribution in [0.3, 0.4) is 0 Å². The quantitative estimate of drug-likeness (QED) is 0.674. The van der Waals surface area contributed by atoms with E-state index >= 15 is 0 Å². The largest absolute Gasteiger partial charge is 0.352 e. The Morgan fingerprint density at radius 2 is 2.19 bits per heavy atom. The monoisotopic (exact) mass is 362 g/mol. The lowest BCUT2D eigenvalue weighted by Gasteiger charge is -2.48. The van der Waals surface area contributed by atoms with Gasteiger partial charge in [0.05, 0.1) is 12.9 Å². The Labute approximate surface area is 152 Å². The normalized spacial score (nSPS) is 23.3. The molecule has 2 aliphatic heterocycles. The molecule has 0 aromatic carbocycles. The van der Waals surface area contributed by atoms with E-state index in [1.54, 1.807) is 17.4 Å². The van der Waals surface area contributed by atoms with E-state index in [1.165, 1.54) is 0 Å². The van der Waals surface area contributed by atoms with Crippen molar-refractivity contribution in [3.8, 4) is 0 Å². The van der Waals surface area contributed by atoms with E-state index in [9.17, 15) is 14.4 Å². The lowest BCUT2D eigenvalue weighted by atomic mass is 9.73. The van der Waals surface area contributed by atoms with Crippen molar-refractivity contribution in [1.82, 2.24) is 25.1 Å². The van der Waals surface area contributed by atoms with Gasteiger partial charge in [0, 0.05) is 56.3 Å². The zero-order valence-electron chi connectivity index (χ0n) is 14.9. The maximum atomic E-state index is 12.3. The first-order valence-electron chi connectivity index (χ1n) is 9.04. The highest BCUT2D eigenvalue weighted by Crippen LogP contribution is 2.38. The number of piperidine rings is 2. The van der Waals surface area contributed by atoms with Crippen LogP contribution in [0.2, 0.25) is 0 Å². The van der Waals surface area contributed by atoms with Gasteiger partial charge in [-0.1, -0.05) is 0 Å². The predicted octanol–water partition coefficient (Wildman–Crippen LogP) is -0.148. The summed E-state index contributed by atoms with van der Waals surface area (Å²) in [6, 6.07) is -0.696. The third-order valence-corrected chi connectivity index (χ3v) is 5.38. The fraction of sp³-hybridized carbons (Fsp3) is 0.647. The fourth-order valence-corrected chi connectivity index (χ4v) is 4.01. The number of urea groups is 1. The highest BCUT2D eigenvalue weighted by molar-refractivity contribution is 5.83. The summed E-state index contributed by atoms with van der Waals surface area (Å²) in [7, 11) is 0. The van der Waals surface area contributed by atoms with Gasteiger partial charge in [-0.2, -0.15) is 0 Å². The topological polar surface area (TPSA) is 124 Å². The molecule has 2 aliphatic rings. The van der Waals surface area contributed by atoms with E-state index in [2.05, 4.69) is 15.3 Å². The number of likely N-dealkylation sites (tertiary alicyclic amines) is 2. The Morgan fingerprint density at radius 3 is 2.92 bits per heavy atom. The van der Waals surface area contributed by atoms with Gasteiger partial charge in [0.1, 0.15) is 0 Å². The first-order valence-corrected chi connectivity index (χ1v) is 9.04. The molecule has 1 aromatic rings. The van der Waals surface area contributed by atoms with E-state index in [0.29, 0.717) is 32.6 Å². The van der Waals surface area contributed by atoms with Gasteiger partial charge in [0.15, 0.2) is 0 Å². The first kappa shape index (κ1) is 18.2. The molecular formula is C17H26N6O3. The van der Waals surface area contributed by atoms with Crippen LogP contribution in [-0.4, -0.2) is 70.3 Å². The van der Waals surface area contributed by atoms with Crippen LogP contribution in [-0.2, 0) is 16.0 Å². The number of amides is 4. The fourth-order valence-electron chi connectivity index (χ4n) is 4.01. The maximum Gasteiger partial charge on any atom is 0.312 e. The van der Waals surface area contributed by atoms with E-state index in [-0.39, 0.29) is 23.8 Å². The molecule has 0 radical (unpaired) electrons. The highest BCUT2D eigenvalue weighted by atomic mass is 16.2. The number of aromatic amines is 1. The number of carbonyl (C=O) groups excluding carboxylic acids is 3. The minimum absolute atomic E-state index is 0.0530. The molecule has 2 saturated heterocycles. The second-order valence-corrected chi connectivity index (χ2v) is 7.28. The third kappa shape index (κ3) is 4.33. The third-order valence-electron chi connectivity index (χ3n) is 5.38. The SMILES string of the molecule is NC(=O)NCC(=O)N1CCC[C@]2(CCC(=O)N(CCc3cnc[nH]3)C2)C1. The standard InChI is InChI=1S/C17H26N6O3/c18-16(26)20-9-15(25)22-6-1-4-17(10-22)5-2-14(24)23(11-17)7-3-13-8-19-12-21-13/h8,12H,1-7,9-11H2,(H,19,21)(H3,18,20,26)/t17-/m0/s1. The lowest BCUT2D eigenvalue weighted by Crippen LogP contribution is -2.56. The second kappa shape index (κ2) is 7.76. The molecular weight excluding hydrogens is 336 g/mol. The summed E-state index contributed by atoms with van der Waals surface area (Å²) in [5.41, 5.74) is 6.00. The zero-order chi connectivity index (χ0) is 18.6. The van der Waals surface area contributed by atoms with Crippen LogP contribution in [0, 0.1) is 5.41 Å². The predicted molar refractivity (Wildman–Crippen MR) is 93.9 cm³/mol. The minimum atomic E-state index is -0.696. The Balaban J connectivity index is 1.59. The van der Waals surface area contributed by atoms with Gasteiger partial charge in [-0.3, -0.25) is 9.59 Å². The molecule has 0 aliphatic carbocycles. The number of hydrogen-bond donors (Lipinski definition) is 3. The van der Waals surface area contributed by atoms with Crippen molar-refractivity contribution in [2.45, 2.75) is 32.1 Å². The van der Waals surface area contributed by atoms with Crippen LogP contribution in [0.1, 0.15) is 31.4 Å². The number of nitrogens with two attached hydrogens (primary N) is 1. The molecule has 3 rings (SSSR count). The summed E-state index contributed by atoms with van der Waals surface area (Å²) >= 11 is 0. The zero-order valence-corrected chi connectivity index (χ0v) is 14.9. The number of carbonyl (C=O) groups is 3. The van der Waals surface area contributed by atoms with E-state index in [4.69, 9.17) is 5.73 Å². The average Bonchev–Trinajstić information content (AvgIpc) is 3.14. The van der Waals surface area contributed by atoms with E-state index < -0.39 is 6.03 Å². The van der Waals surface area contributed by atoms with Gasteiger partial charge in [0.2, 0.25) is 11.8 Å². The molecule has 9 heteroatoms. The number of nitrogens with zero attached hydrogens (tertiary/aromatic N) is 3. The van der Waals surface area contributed by atoms with Gasteiger partial charge in [0.25, 0.3) is 0 Å². The summed E-state index contributed by atoms with van der Waals surface area (Å²) in [5.74, 6) is 0.0535. The summed E-state index contributed by atoms with van der Waals surface area (Å²) in [4.78, 5) is 46.2. The van der Waals surface area contributed by atoms with Crippen LogP contribution in [0.5, 0.6) is 0 Å². The number of imidazole rings is 1. The molecule has 4 N–H and O–H groups in total. The van der Waals surface area contributed by atoms with Crippen LogP contribution in [0.4, 0.5) is 4.79 Å². The number of hydrogen-bond acceptors (Lipinski definition) is 4. The summed E-state index contributed by atoms with van der Waals surface area (Å²) in [6.45, 7) is 2.56. The van der Waals surface area contributed by atoms with Gasteiger partial charge < -0.3 is 25.8 Å². The van der Waals surface area contributed by atoms with Crippen molar-refractivity contribution < 1.29 is 14.4 Å². The molecule has 1 atom stereocenters. The van der Waals surface area contributed by atoms with Crippen molar-refractivity contribution in [2.24, 2.45) is 11.1 Å². The number of rotatable bonds is 5. The van der Waals surface area contributed by atoms with Crippen LogP contribution in [0.15, 0.2) is 12.5 Å². The minimum Gasteiger partial charge on any atom is -0.352 e. The lowest BCUT2D eigenvalue weighted by molar-refractivity contribution is -0.142. The molecule has 0 bridgehead atoms. The van der Waals surface area contributed by atoms with E-state index in [1.807, 2.05) is 4.90 Å². The van der Waals surface area contributed by atoms with Crippen LogP contribution < -0.4 is 11.1 Å². The Morgan fingerprint density at radius 1 is 1.35 bits per heavy atom. The second-order valence-electron chi connectivity index (χ2n) is 7.28. The molecule has 4 amide bonds. The molecule has 0 saturated carbocycles. The summed E-state index contributed by atoms with van der Waals surface area (Å²) < 4.78 is 0. The molecule has 3 heterocycles. The van der Waals surface area contributed by atoms with Crippen molar-refractivity contribution in [1.29, 1.82) is 0 Å². The van der Waals surface area contributed by atoms with E-state index in [0.717, 1.165) is 31.4 Å². The number of aromatic nitrogens is 2. The number of primary amides is 1. The average molecular weight is 362 g/mol. The van der Waals surface area contributed by atoms with Crippen molar-refractivity contribution in [3.63, 3.8) is 0 Å². The highest BCUT2D eigenvalue weighted by Gasteiger charge is 2.42. The summed E-state index contributed by atoms with van der Waals surface area (Å²) in [6.07, 6.45) is 7.40. The maximum absolute atomic E-state index is 12.3. The van der Waals surface area contributed by atoms with Crippen LogP contribution in [0.25, 0.3) is 0 Å².